The number of aryl methyl sites for hydroxylation is 2. The van der Waals surface area contributed by atoms with Gasteiger partial charge in [0.15, 0.2) is 5.75 Å². The van der Waals surface area contributed by atoms with Crippen molar-refractivity contribution in [1.29, 1.82) is 0 Å². The number of amides is 1. The standard InChI is InChI=1S/C23H23ClN4O3/c1-14-20(12-25-15(2)27-14)31-13-23(16-5-4-6-18(9-16)30-3)10-19(23)22(29)28-21-8-7-17(24)11-26-21/h4-9,11-12,19H,10,13H2,1-3H3,(H,26,28,29). The Morgan fingerprint density at radius 2 is 2.06 bits per heavy atom. The number of anilines is 1. The van der Waals surface area contributed by atoms with E-state index in [0.29, 0.717) is 35.4 Å². The van der Waals surface area contributed by atoms with Gasteiger partial charge in [0.2, 0.25) is 5.91 Å². The number of benzene rings is 1. The lowest BCUT2D eigenvalue weighted by Crippen LogP contribution is -2.27. The van der Waals surface area contributed by atoms with Crippen molar-refractivity contribution in [1.82, 2.24) is 15.0 Å². The lowest BCUT2D eigenvalue weighted by Gasteiger charge is -2.20. The van der Waals surface area contributed by atoms with Crippen molar-refractivity contribution in [2.24, 2.45) is 5.92 Å². The number of nitrogens with one attached hydrogen (secondary N) is 1. The van der Waals surface area contributed by atoms with Crippen LogP contribution in [-0.4, -0.2) is 34.6 Å². The summed E-state index contributed by atoms with van der Waals surface area (Å²) in [6, 6.07) is 11.1. The number of aromatic nitrogens is 3. The molecule has 0 saturated heterocycles. The van der Waals surface area contributed by atoms with Crippen molar-refractivity contribution in [3.05, 3.63) is 70.9 Å². The number of carbonyl (C=O) groups excluding carboxylic acids is 1. The highest BCUT2D eigenvalue weighted by Gasteiger charge is 2.60. The normalized spacial score (nSPS) is 19.5. The predicted octanol–water partition coefficient (Wildman–Crippen LogP) is 4.13. The summed E-state index contributed by atoms with van der Waals surface area (Å²) in [4.78, 5) is 25.8. The molecule has 2 unspecified atom stereocenters. The number of nitrogens with zero attached hydrogens (tertiary/aromatic N) is 3. The molecular weight excluding hydrogens is 416 g/mol. The fourth-order valence-electron chi connectivity index (χ4n) is 3.73. The zero-order valence-corrected chi connectivity index (χ0v) is 18.3. The Labute approximate surface area is 185 Å². The van der Waals surface area contributed by atoms with Gasteiger partial charge in [-0.1, -0.05) is 23.7 Å². The van der Waals surface area contributed by atoms with E-state index in [9.17, 15) is 4.79 Å². The number of rotatable bonds is 7. The molecule has 1 saturated carbocycles. The van der Waals surface area contributed by atoms with Gasteiger partial charge in [0, 0.05) is 11.6 Å². The minimum Gasteiger partial charge on any atom is -0.497 e. The van der Waals surface area contributed by atoms with Crippen LogP contribution in [-0.2, 0) is 10.2 Å². The van der Waals surface area contributed by atoms with Crippen molar-refractivity contribution in [2.45, 2.75) is 25.7 Å². The maximum atomic E-state index is 13.0. The third kappa shape index (κ3) is 4.46. The zero-order valence-electron chi connectivity index (χ0n) is 17.6. The third-order valence-electron chi connectivity index (χ3n) is 5.56. The SMILES string of the molecule is COc1cccc(C2(COc3cnc(C)nc3C)CC2C(=O)Nc2ccc(Cl)cn2)c1. The highest BCUT2D eigenvalue weighted by molar-refractivity contribution is 6.30. The summed E-state index contributed by atoms with van der Waals surface area (Å²) in [5.41, 5.74) is 1.27. The molecule has 2 atom stereocenters. The molecule has 4 rings (SSSR count). The Balaban J connectivity index is 1.58. The first-order valence-corrected chi connectivity index (χ1v) is 10.3. The van der Waals surface area contributed by atoms with Crippen LogP contribution in [0, 0.1) is 19.8 Å². The number of ether oxygens (including phenoxy) is 2. The van der Waals surface area contributed by atoms with Gasteiger partial charge in [-0.25, -0.2) is 15.0 Å². The van der Waals surface area contributed by atoms with Crippen molar-refractivity contribution < 1.29 is 14.3 Å². The number of hydrogen-bond acceptors (Lipinski definition) is 6. The first-order valence-electron chi connectivity index (χ1n) is 9.91. The first kappa shape index (κ1) is 21.1. The highest BCUT2D eigenvalue weighted by atomic mass is 35.5. The van der Waals surface area contributed by atoms with Gasteiger partial charge < -0.3 is 14.8 Å². The molecule has 0 spiro atoms. The number of halogens is 1. The van der Waals surface area contributed by atoms with Gasteiger partial charge in [0.25, 0.3) is 0 Å². The Morgan fingerprint density at radius 1 is 1.23 bits per heavy atom. The summed E-state index contributed by atoms with van der Waals surface area (Å²) in [7, 11) is 1.62. The maximum Gasteiger partial charge on any atom is 0.229 e. The second kappa shape index (κ2) is 8.51. The van der Waals surface area contributed by atoms with Crippen molar-refractivity contribution in [2.75, 3.05) is 19.0 Å². The molecule has 1 N–H and O–H groups in total. The van der Waals surface area contributed by atoms with E-state index in [1.807, 2.05) is 38.1 Å². The first-order chi connectivity index (χ1) is 14.9. The monoisotopic (exact) mass is 438 g/mol. The second-order valence-corrected chi connectivity index (χ2v) is 8.09. The van der Waals surface area contributed by atoms with Gasteiger partial charge >= 0.3 is 0 Å². The van der Waals surface area contributed by atoms with E-state index in [1.54, 1.807) is 25.4 Å². The van der Waals surface area contributed by atoms with Crippen molar-refractivity contribution >= 4 is 23.3 Å². The summed E-state index contributed by atoms with van der Waals surface area (Å²) < 4.78 is 11.5. The highest BCUT2D eigenvalue weighted by Crippen LogP contribution is 2.55. The number of carbonyl (C=O) groups is 1. The van der Waals surface area contributed by atoms with Gasteiger partial charge in [-0.15, -0.1) is 0 Å². The number of methoxy groups -OCH3 is 1. The van der Waals surface area contributed by atoms with Crippen molar-refractivity contribution in [3.8, 4) is 11.5 Å². The van der Waals surface area contributed by atoms with E-state index >= 15 is 0 Å². The Hall–Kier alpha value is -3.19. The molecule has 0 aliphatic heterocycles. The van der Waals surface area contributed by atoms with E-state index < -0.39 is 5.41 Å². The summed E-state index contributed by atoms with van der Waals surface area (Å²) in [6.45, 7) is 4.03. The van der Waals surface area contributed by atoms with Crippen LogP contribution in [0.3, 0.4) is 0 Å². The minimum atomic E-state index is -0.484. The fourth-order valence-corrected chi connectivity index (χ4v) is 3.84. The summed E-state index contributed by atoms with van der Waals surface area (Å²) in [5.74, 6) is 2.10. The lowest BCUT2D eigenvalue weighted by atomic mass is 9.93. The average molecular weight is 439 g/mol. The van der Waals surface area contributed by atoms with E-state index in [4.69, 9.17) is 21.1 Å². The molecule has 1 aliphatic rings. The summed E-state index contributed by atoms with van der Waals surface area (Å²) >= 11 is 5.89. The zero-order chi connectivity index (χ0) is 22.0. The molecule has 2 aromatic heterocycles. The third-order valence-corrected chi connectivity index (χ3v) is 5.78. The van der Waals surface area contributed by atoms with E-state index in [2.05, 4.69) is 20.3 Å². The Morgan fingerprint density at radius 3 is 2.77 bits per heavy atom. The largest absolute Gasteiger partial charge is 0.497 e. The molecule has 7 nitrogen and oxygen atoms in total. The van der Waals surface area contributed by atoms with Crippen LogP contribution in [0.25, 0.3) is 0 Å². The smallest absolute Gasteiger partial charge is 0.229 e. The van der Waals surface area contributed by atoms with Gasteiger partial charge in [0.1, 0.15) is 17.4 Å². The molecule has 0 bridgehead atoms. The topological polar surface area (TPSA) is 86.2 Å². The van der Waals surface area contributed by atoms with Gasteiger partial charge in [0.05, 0.1) is 36.5 Å². The molecular formula is C23H23ClN4O3. The van der Waals surface area contributed by atoms with E-state index in [1.165, 1.54) is 6.20 Å². The molecule has 2 heterocycles. The molecule has 1 amide bonds. The molecule has 3 aromatic rings. The summed E-state index contributed by atoms with van der Waals surface area (Å²) in [5, 5.41) is 3.39. The summed E-state index contributed by atoms with van der Waals surface area (Å²) in [6.07, 6.45) is 3.82. The van der Waals surface area contributed by atoms with E-state index in [0.717, 1.165) is 17.0 Å². The van der Waals surface area contributed by atoms with Crippen LogP contribution >= 0.6 is 11.6 Å². The van der Waals surface area contributed by atoms with Gasteiger partial charge in [-0.2, -0.15) is 0 Å². The molecule has 31 heavy (non-hydrogen) atoms. The fraction of sp³-hybridized carbons (Fsp3) is 0.304. The number of pyridine rings is 1. The molecule has 1 aliphatic carbocycles. The minimum absolute atomic E-state index is 0.113. The quantitative estimate of drug-likeness (QED) is 0.597. The van der Waals surface area contributed by atoms with Crippen LogP contribution in [0.15, 0.2) is 48.8 Å². The second-order valence-electron chi connectivity index (χ2n) is 7.65. The molecule has 1 aromatic carbocycles. The van der Waals surface area contributed by atoms with Gasteiger partial charge in [-0.3, -0.25) is 4.79 Å². The maximum absolute atomic E-state index is 13.0. The van der Waals surface area contributed by atoms with Crippen LogP contribution in [0.1, 0.15) is 23.5 Å². The lowest BCUT2D eigenvalue weighted by molar-refractivity contribution is -0.117. The Kier molecular flexibility index (Phi) is 5.78. The van der Waals surface area contributed by atoms with Gasteiger partial charge in [-0.05, 0) is 50.1 Å². The molecule has 1 fully saturated rings. The van der Waals surface area contributed by atoms with E-state index in [-0.39, 0.29) is 11.8 Å². The van der Waals surface area contributed by atoms with Crippen LogP contribution in [0.4, 0.5) is 5.82 Å². The average Bonchev–Trinajstić information content (AvgIpc) is 3.51. The number of hydrogen-bond donors (Lipinski definition) is 1. The molecule has 8 heteroatoms. The Bertz CT molecular complexity index is 1110. The molecule has 160 valence electrons. The van der Waals surface area contributed by atoms with Crippen molar-refractivity contribution in [3.63, 3.8) is 0 Å². The van der Waals surface area contributed by atoms with Crippen LogP contribution < -0.4 is 14.8 Å². The van der Waals surface area contributed by atoms with Crippen LogP contribution in [0.5, 0.6) is 11.5 Å². The van der Waals surface area contributed by atoms with Crippen LogP contribution in [0.2, 0.25) is 5.02 Å². The molecule has 0 radical (unpaired) electrons. The predicted molar refractivity (Wildman–Crippen MR) is 118 cm³/mol.